The first kappa shape index (κ1) is 16.4. The molecule has 1 saturated carbocycles. The fraction of sp³-hybridized carbons (Fsp3) is 0.238. The molecule has 5 rings (SSSR count). The van der Waals surface area contributed by atoms with Crippen LogP contribution in [0.3, 0.4) is 0 Å². The fourth-order valence-electron chi connectivity index (χ4n) is 3.69. The summed E-state index contributed by atoms with van der Waals surface area (Å²) in [4.78, 5) is 7.11. The minimum Gasteiger partial charge on any atom is -0.386 e. The van der Waals surface area contributed by atoms with Crippen molar-refractivity contribution in [2.45, 2.75) is 12.8 Å². The van der Waals surface area contributed by atoms with Crippen molar-refractivity contribution >= 4 is 39.7 Å². The van der Waals surface area contributed by atoms with Crippen LogP contribution in [0.25, 0.3) is 22.3 Å². The highest BCUT2D eigenvalue weighted by atomic mass is 35.5. The van der Waals surface area contributed by atoms with E-state index >= 15 is 0 Å². The van der Waals surface area contributed by atoms with E-state index in [1.165, 1.54) is 12.8 Å². The Morgan fingerprint density at radius 2 is 1.96 bits per heavy atom. The molecule has 3 N–H and O–H groups in total. The Morgan fingerprint density at radius 3 is 2.74 bits per heavy atom. The molecule has 0 unspecified atom stereocenters. The van der Waals surface area contributed by atoms with Crippen LogP contribution in [0.1, 0.15) is 24.0 Å². The minimum absolute atomic E-state index is 0.642. The van der Waals surface area contributed by atoms with Gasteiger partial charge in [0.15, 0.2) is 0 Å². The molecule has 0 radical (unpaired) electrons. The summed E-state index contributed by atoms with van der Waals surface area (Å²) in [6, 6.07) is 14.3. The quantitative estimate of drug-likeness (QED) is 0.718. The van der Waals surface area contributed by atoms with Gasteiger partial charge in [0.25, 0.3) is 0 Å². The topological polar surface area (TPSA) is 70.3 Å². The zero-order chi connectivity index (χ0) is 18.4. The predicted octanol–water partition coefficient (Wildman–Crippen LogP) is 4.12. The number of H-pyrrole nitrogens is 1. The Hall–Kier alpha value is -2.79. The van der Waals surface area contributed by atoms with Crippen molar-refractivity contribution in [3.8, 4) is 0 Å². The lowest BCUT2D eigenvalue weighted by Crippen LogP contribution is -2.37. The molecule has 5 nitrogen and oxygen atoms in total. The Morgan fingerprint density at radius 1 is 1.15 bits per heavy atom. The number of fused-ring (bicyclic) bond motifs is 1. The Labute approximate surface area is 162 Å². The number of aromatic nitrogens is 2. The van der Waals surface area contributed by atoms with Crippen LogP contribution in [0.2, 0.25) is 5.02 Å². The van der Waals surface area contributed by atoms with Crippen LogP contribution in [0.5, 0.6) is 0 Å². The molecule has 2 aliphatic rings. The maximum Gasteiger partial charge on any atom is 0.119 e. The molecule has 3 aromatic rings. The number of halogens is 1. The van der Waals surface area contributed by atoms with Gasteiger partial charge in [-0.05, 0) is 30.9 Å². The Balaban J connectivity index is 1.73. The molecule has 1 fully saturated rings. The van der Waals surface area contributed by atoms with Gasteiger partial charge < -0.3 is 10.6 Å². The fourth-order valence-corrected chi connectivity index (χ4v) is 3.96. The summed E-state index contributed by atoms with van der Waals surface area (Å²) in [6.45, 7) is 1.63. The molecule has 0 spiro atoms. The Kier molecular flexibility index (Phi) is 3.90. The molecular formula is C21H20ClN5. The van der Waals surface area contributed by atoms with Crippen LogP contribution in [-0.4, -0.2) is 34.0 Å². The van der Waals surface area contributed by atoms with E-state index in [0.717, 1.165) is 45.9 Å². The number of aliphatic imine (C=N–C) groups is 1. The first-order chi connectivity index (χ1) is 13.2. The molecule has 0 amide bonds. The largest absolute Gasteiger partial charge is 0.386 e. The highest BCUT2D eigenvalue weighted by Crippen LogP contribution is 2.39. The number of hydrogen-bond acceptors (Lipinski definition) is 4. The second-order valence-electron chi connectivity index (χ2n) is 7.28. The van der Waals surface area contributed by atoms with Crippen molar-refractivity contribution in [1.82, 2.24) is 15.1 Å². The van der Waals surface area contributed by atoms with Crippen molar-refractivity contribution in [2.24, 2.45) is 16.6 Å². The van der Waals surface area contributed by atoms with Crippen LogP contribution >= 0.6 is 11.6 Å². The van der Waals surface area contributed by atoms with Crippen molar-refractivity contribution in [3.63, 3.8) is 0 Å². The number of nitrogens with zero attached hydrogens (tertiary/aromatic N) is 3. The van der Waals surface area contributed by atoms with E-state index in [9.17, 15) is 0 Å². The highest BCUT2D eigenvalue weighted by Gasteiger charge is 2.30. The third-order valence-corrected chi connectivity index (χ3v) is 5.44. The van der Waals surface area contributed by atoms with Crippen molar-refractivity contribution in [3.05, 3.63) is 64.8 Å². The number of nitrogens with two attached hydrogens (primary N) is 1. The van der Waals surface area contributed by atoms with Crippen molar-refractivity contribution in [1.29, 1.82) is 0 Å². The van der Waals surface area contributed by atoms with E-state index in [4.69, 9.17) is 22.3 Å². The zero-order valence-electron chi connectivity index (χ0n) is 14.8. The first-order valence-corrected chi connectivity index (χ1v) is 9.57. The standard InChI is InChI=1S/C21H20ClN5/c22-17-9-15(8-16-10-24-26-19(16)17)21-20(14-4-2-1-3-5-14)25-18(23)12-27(21)11-13-6-7-13/h1-5,8-10,13H,6-7,11-12H2,(H2,23,25)(H,24,26). The van der Waals surface area contributed by atoms with Gasteiger partial charge in [0.2, 0.25) is 0 Å². The lowest BCUT2D eigenvalue weighted by atomic mass is 10.0. The number of aromatic amines is 1. The van der Waals surface area contributed by atoms with Gasteiger partial charge in [-0.25, -0.2) is 4.99 Å². The van der Waals surface area contributed by atoms with Crippen molar-refractivity contribution < 1.29 is 0 Å². The van der Waals surface area contributed by atoms with Crippen LogP contribution in [-0.2, 0) is 0 Å². The summed E-state index contributed by atoms with van der Waals surface area (Å²) in [6.07, 6.45) is 4.37. The van der Waals surface area contributed by atoms with E-state index in [2.05, 4.69) is 33.3 Å². The third kappa shape index (κ3) is 3.08. The lowest BCUT2D eigenvalue weighted by Gasteiger charge is -2.32. The highest BCUT2D eigenvalue weighted by molar-refractivity contribution is 6.35. The maximum atomic E-state index is 6.54. The number of nitrogens with one attached hydrogen (secondary N) is 1. The summed E-state index contributed by atoms with van der Waals surface area (Å²) in [5.74, 6) is 1.38. The van der Waals surface area contributed by atoms with E-state index < -0.39 is 0 Å². The van der Waals surface area contributed by atoms with E-state index in [-0.39, 0.29) is 0 Å². The lowest BCUT2D eigenvalue weighted by molar-refractivity contribution is 0.423. The third-order valence-electron chi connectivity index (χ3n) is 5.15. The minimum atomic E-state index is 0.642. The summed E-state index contributed by atoms with van der Waals surface area (Å²) in [5, 5.41) is 8.74. The summed E-state index contributed by atoms with van der Waals surface area (Å²) >= 11 is 6.54. The average molecular weight is 378 g/mol. The number of benzene rings is 2. The van der Waals surface area contributed by atoms with E-state index in [1.54, 1.807) is 6.20 Å². The van der Waals surface area contributed by atoms with Gasteiger partial charge in [-0.1, -0.05) is 41.9 Å². The summed E-state index contributed by atoms with van der Waals surface area (Å²) < 4.78 is 0. The van der Waals surface area contributed by atoms with Gasteiger partial charge in [0.1, 0.15) is 5.84 Å². The molecule has 2 aromatic carbocycles. The van der Waals surface area contributed by atoms with Crippen LogP contribution < -0.4 is 5.73 Å². The van der Waals surface area contributed by atoms with Crippen LogP contribution in [0, 0.1) is 5.92 Å². The van der Waals surface area contributed by atoms with Gasteiger partial charge >= 0.3 is 0 Å². The van der Waals surface area contributed by atoms with E-state index in [0.29, 0.717) is 17.4 Å². The smallest absolute Gasteiger partial charge is 0.119 e. The average Bonchev–Trinajstić information content (AvgIpc) is 3.35. The molecule has 1 aliphatic heterocycles. The molecule has 136 valence electrons. The summed E-state index contributed by atoms with van der Waals surface area (Å²) in [5.41, 5.74) is 11.2. The zero-order valence-corrected chi connectivity index (χ0v) is 15.6. The van der Waals surface area contributed by atoms with Crippen LogP contribution in [0.4, 0.5) is 0 Å². The summed E-state index contributed by atoms with van der Waals surface area (Å²) in [7, 11) is 0. The second kappa shape index (κ2) is 6.43. The molecule has 0 saturated heterocycles. The van der Waals surface area contributed by atoms with Crippen LogP contribution in [0.15, 0.2) is 53.7 Å². The molecule has 6 heteroatoms. The Bertz CT molecular complexity index is 1060. The normalized spacial score (nSPS) is 17.5. The molecule has 0 atom stereocenters. The predicted molar refractivity (Wildman–Crippen MR) is 110 cm³/mol. The second-order valence-corrected chi connectivity index (χ2v) is 7.69. The van der Waals surface area contributed by atoms with Gasteiger partial charge in [0, 0.05) is 23.1 Å². The monoisotopic (exact) mass is 377 g/mol. The molecule has 0 bridgehead atoms. The molecule has 2 heterocycles. The molecular weight excluding hydrogens is 358 g/mol. The molecule has 1 aliphatic carbocycles. The number of rotatable bonds is 4. The van der Waals surface area contributed by atoms with Gasteiger partial charge in [0.05, 0.1) is 34.7 Å². The van der Waals surface area contributed by atoms with Gasteiger partial charge in [-0.15, -0.1) is 0 Å². The van der Waals surface area contributed by atoms with Crippen molar-refractivity contribution in [2.75, 3.05) is 13.1 Å². The van der Waals surface area contributed by atoms with Gasteiger partial charge in [-0.2, -0.15) is 5.10 Å². The van der Waals surface area contributed by atoms with Gasteiger partial charge in [-0.3, -0.25) is 5.10 Å². The SMILES string of the molecule is NC1=NC(c2ccccc2)=C(c2cc(Cl)c3[nH]ncc3c2)N(CC2CC2)C1. The molecule has 27 heavy (non-hydrogen) atoms. The number of hydrogen-bond donors (Lipinski definition) is 2. The maximum absolute atomic E-state index is 6.54. The molecule has 1 aromatic heterocycles. The number of amidine groups is 1. The first-order valence-electron chi connectivity index (χ1n) is 9.20. The van der Waals surface area contributed by atoms with E-state index in [1.807, 2.05) is 24.3 Å².